The zero-order valence-electron chi connectivity index (χ0n) is 15.5. The molecule has 0 aliphatic rings. The van der Waals surface area contributed by atoms with Crippen LogP contribution in [0.25, 0.3) is 22.4 Å². The van der Waals surface area contributed by atoms with Gasteiger partial charge in [0.1, 0.15) is 17.4 Å². The third kappa shape index (κ3) is 3.64. The number of aromatic hydroxyl groups is 1. The van der Waals surface area contributed by atoms with E-state index in [0.717, 1.165) is 11.3 Å². The van der Waals surface area contributed by atoms with Crippen LogP contribution in [-0.4, -0.2) is 23.8 Å². The van der Waals surface area contributed by atoms with Crippen LogP contribution < -0.4 is 14.9 Å². The van der Waals surface area contributed by atoms with E-state index in [9.17, 15) is 15.2 Å². The van der Waals surface area contributed by atoms with E-state index in [-0.39, 0.29) is 17.0 Å². The van der Waals surface area contributed by atoms with Crippen LogP contribution in [0.3, 0.4) is 0 Å². The summed E-state index contributed by atoms with van der Waals surface area (Å²) in [4.78, 5) is 16.3. The highest BCUT2D eigenvalue weighted by Gasteiger charge is 2.18. The molecule has 0 aliphatic heterocycles. The van der Waals surface area contributed by atoms with Crippen molar-refractivity contribution in [1.29, 1.82) is 5.26 Å². The van der Waals surface area contributed by atoms with Crippen molar-refractivity contribution >= 4 is 0 Å². The predicted molar refractivity (Wildman–Crippen MR) is 105 cm³/mol. The Kier molecular flexibility index (Phi) is 5.56. The fourth-order valence-corrected chi connectivity index (χ4v) is 2.83. The van der Waals surface area contributed by atoms with E-state index in [1.807, 2.05) is 31.2 Å². The van der Waals surface area contributed by atoms with Gasteiger partial charge in [0.25, 0.3) is 0 Å². The highest BCUT2D eigenvalue weighted by Crippen LogP contribution is 2.35. The summed E-state index contributed by atoms with van der Waals surface area (Å²) in [7, 11) is 1.42. The number of hydrogen-bond acceptors (Lipinski definition) is 6. The van der Waals surface area contributed by atoms with Crippen molar-refractivity contribution < 1.29 is 14.6 Å². The predicted octanol–water partition coefficient (Wildman–Crippen LogP) is 3.76. The van der Waals surface area contributed by atoms with Crippen molar-refractivity contribution in [2.24, 2.45) is 0 Å². The smallest absolute Gasteiger partial charge is 0.232 e. The Morgan fingerprint density at radius 1 is 1.11 bits per heavy atom. The van der Waals surface area contributed by atoms with E-state index < -0.39 is 11.2 Å². The maximum atomic E-state index is 12.0. The molecule has 6 nitrogen and oxygen atoms in total. The maximum absolute atomic E-state index is 12.0. The van der Waals surface area contributed by atoms with Crippen LogP contribution in [0.1, 0.15) is 12.5 Å². The Morgan fingerprint density at radius 3 is 2.46 bits per heavy atom. The molecule has 3 aromatic rings. The van der Waals surface area contributed by atoms with Crippen LogP contribution in [-0.2, 0) is 0 Å². The van der Waals surface area contributed by atoms with Crippen LogP contribution in [0.4, 0.5) is 0 Å². The molecule has 0 radical (unpaired) electrons. The number of benzene rings is 1. The number of hydrogen-bond donors (Lipinski definition) is 1. The Hall–Kier alpha value is -3.85. The van der Waals surface area contributed by atoms with E-state index >= 15 is 0 Å². The first-order valence-corrected chi connectivity index (χ1v) is 8.64. The molecular weight excluding hydrogens is 356 g/mol. The molecular formula is C22H18N2O4. The fourth-order valence-electron chi connectivity index (χ4n) is 2.83. The molecule has 0 fully saturated rings. The summed E-state index contributed by atoms with van der Waals surface area (Å²) >= 11 is 0. The van der Waals surface area contributed by atoms with Gasteiger partial charge in [-0.1, -0.05) is 24.3 Å². The minimum absolute atomic E-state index is 0.113. The summed E-state index contributed by atoms with van der Waals surface area (Å²) in [6.07, 6.45) is 0. The van der Waals surface area contributed by atoms with Gasteiger partial charge in [0.2, 0.25) is 11.3 Å². The zero-order chi connectivity index (χ0) is 20.1. The SMILES string of the molecule is CCOc1ccc(-c2cc(-c3ccccc(=O)c3O)nc(OC)c2C#N)cc1. The molecule has 0 amide bonds. The van der Waals surface area contributed by atoms with E-state index in [0.29, 0.717) is 17.9 Å². The lowest BCUT2D eigenvalue weighted by Crippen LogP contribution is -2.00. The Balaban J connectivity index is 2.25. The minimum Gasteiger partial charge on any atom is -0.504 e. The van der Waals surface area contributed by atoms with E-state index in [1.54, 1.807) is 24.3 Å². The average molecular weight is 374 g/mol. The summed E-state index contributed by atoms with van der Waals surface area (Å²) < 4.78 is 10.8. The van der Waals surface area contributed by atoms with E-state index in [2.05, 4.69) is 11.1 Å². The summed E-state index contributed by atoms with van der Waals surface area (Å²) in [5, 5.41) is 19.9. The van der Waals surface area contributed by atoms with Crippen LogP contribution in [0.15, 0.2) is 59.4 Å². The van der Waals surface area contributed by atoms with Crippen LogP contribution in [0, 0.1) is 11.3 Å². The second-order valence-electron chi connectivity index (χ2n) is 5.85. The molecule has 2 aromatic carbocycles. The monoisotopic (exact) mass is 374 g/mol. The molecule has 0 spiro atoms. The molecule has 28 heavy (non-hydrogen) atoms. The molecule has 6 heteroatoms. The van der Waals surface area contributed by atoms with Crippen molar-refractivity contribution in [1.82, 2.24) is 4.98 Å². The second kappa shape index (κ2) is 8.23. The van der Waals surface area contributed by atoms with E-state index in [4.69, 9.17) is 9.47 Å². The third-order valence-electron chi connectivity index (χ3n) is 4.15. The van der Waals surface area contributed by atoms with Gasteiger partial charge in [-0.15, -0.1) is 0 Å². The highest BCUT2D eigenvalue weighted by molar-refractivity contribution is 5.79. The molecule has 0 unspecified atom stereocenters. The van der Waals surface area contributed by atoms with Crippen molar-refractivity contribution in [3.63, 3.8) is 0 Å². The van der Waals surface area contributed by atoms with Crippen LogP contribution in [0.2, 0.25) is 0 Å². The number of ether oxygens (including phenoxy) is 2. The summed E-state index contributed by atoms with van der Waals surface area (Å²) in [5.74, 6) is 0.416. The molecule has 0 saturated carbocycles. The molecule has 0 atom stereocenters. The molecule has 3 rings (SSSR count). The third-order valence-corrected chi connectivity index (χ3v) is 4.15. The minimum atomic E-state index is -0.521. The first-order chi connectivity index (χ1) is 13.6. The largest absolute Gasteiger partial charge is 0.504 e. The van der Waals surface area contributed by atoms with Gasteiger partial charge >= 0.3 is 0 Å². The Bertz CT molecular complexity index is 1100. The number of methoxy groups -OCH3 is 1. The number of aromatic nitrogens is 1. The van der Waals surface area contributed by atoms with Gasteiger partial charge in [-0.3, -0.25) is 4.79 Å². The number of nitrogens with zero attached hydrogens (tertiary/aromatic N) is 2. The Morgan fingerprint density at radius 2 is 1.82 bits per heavy atom. The van der Waals surface area contributed by atoms with Crippen LogP contribution >= 0.6 is 0 Å². The zero-order valence-corrected chi connectivity index (χ0v) is 15.5. The van der Waals surface area contributed by atoms with Gasteiger partial charge in [-0.2, -0.15) is 5.26 Å². The van der Waals surface area contributed by atoms with Gasteiger partial charge in [-0.25, -0.2) is 4.98 Å². The van der Waals surface area contributed by atoms with E-state index in [1.165, 1.54) is 13.2 Å². The van der Waals surface area contributed by atoms with Gasteiger partial charge in [-0.05, 0) is 42.8 Å². The van der Waals surface area contributed by atoms with Crippen molar-refractivity contribution in [3.8, 4) is 45.8 Å². The van der Waals surface area contributed by atoms with Crippen molar-refractivity contribution in [2.45, 2.75) is 6.92 Å². The topological polar surface area (TPSA) is 92.4 Å². The molecule has 1 aromatic heterocycles. The summed E-state index contributed by atoms with van der Waals surface area (Å²) in [6.45, 7) is 2.45. The molecule has 0 aliphatic carbocycles. The number of pyridine rings is 1. The number of nitriles is 1. The van der Waals surface area contributed by atoms with Gasteiger partial charge in [0.15, 0.2) is 5.75 Å². The molecule has 1 N–H and O–H groups in total. The first-order valence-electron chi connectivity index (χ1n) is 8.64. The molecule has 0 bridgehead atoms. The average Bonchev–Trinajstić information content (AvgIpc) is 2.89. The van der Waals surface area contributed by atoms with Gasteiger partial charge in [0, 0.05) is 11.1 Å². The Labute approximate surface area is 162 Å². The summed E-state index contributed by atoms with van der Waals surface area (Å²) in [5.41, 5.74) is 1.65. The van der Waals surface area contributed by atoms with Gasteiger partial charge in [0.05, 0.1) is 19.4 Å². The standard InChI is InChI=1S/C22H18N2O4/c1-3-28-15-10-8-14(9-11-15)17-12-19(24-22(27-2)18(17)13-23)16-6-4-5-7-20(25)21(16)26/h4-12H,3H2,1-2H3,(H,25,26). The lowest BCUT2D eigenvalue weighted by atomic mass is 9.99. The lowest BCUT2D eigenvalue weighted by molar-refractivity contribution is 0.340. The highest BCUT2D eigenvalue weighted by atomic mass is 16.5. The normalized spacial score (nSPS) is 10.2. The first kappa shape index (κ1) is 18.9. The van der Waals surface area contributed by atoms with Crippen molar-refractivity contribution in [3.05, 3.63) is 70.4 Å². The quantitative estimate of drug-likeness (QED) is 0.731. The van der Waals surface area contributed by atoms with Gasteiger partial charge < -0.3 is 14.6 Å². The van der Waals surface area contributed by atoms with Crippen LogP contribution in [0.5, 0.6) is 17.4 Å². The molecule has 1 heterocycles. The van der Waals surface area contributed by atoms with Crippen molar-refractivity contribution in [2.75, 3.05) is 13.7 Å². The molecule has 0 saturated heterocycles. The fraction of sp³-hybridized carbons (Fsp3) is 0.136. The summed E-state index contributed by atoms with van der Waals surface area (Å²) in [6, 6.07) is 17.1. The maximum Gasteiger partial charge on any atom is 0.232 e. The number of rotatable bonds is 5. The molecule has 140 valence electrons. The lowest BCUT2D eigenvalue weighted by Gasteiger charge is -2.12. The second-order valence-corrected chi connectivity index (χ2v) is 5.85.